The second-order valence-electron chi connectivity index (χ2n) is 6.10. The van der Waals surface area contributed by atoms with Gasteiger partial charge in [0, 0.05) is 7.05 Å². The number of aryl methyl sites for hydroxylation is 2. The lowest BCUT2D eigenvalue weighted by Crippen LogP contribution is -2.60. The molecule has 0 unspecified atom stereocenters. The highest BCUT2D eigenvalue weighted by Crippen LogP contribution is 2.41. The van der Waals surface area contributed by atoms with Crippen LogP contribution in [0, 0.1) is 13.8 Å². The molecule has 1 N–H and O–H groups in total. The minimum atomic E-state index is -4.46. The number of hydrogen-bond acceptors (Lipinski definition) is 3. The Kier molecular flexibility index (Phi) is 4.91. The third-order valence-corrected chi connectivity index (χ3v) is 4.42. The number of amides is 1. The Bertz CT molecular complexity index is 575. The molecule has 0 aliphatic heterocycles. The second kappa shape index (κ2) is 6.41. The zero-order chi connectivity index (χ0) is 17.3. The first-order valence-corrected chi connectivity index (χ1v) is 7.67. The first-order chi connectivity index (χ1) is 10.7. The Morgan fingerprint density at radius 1 is 1.30 bits per heavy atom. The fourth-order valence-corrected chi connectivity index (χ4v) is 3.04. The summed E-state index contributed by atoms with van der Waals surface area (Å²) in [5.41, 5.74) is -0.801. The van der Waals surface area contributed by atoms with Gasteiger partial charge in [-0.25, -0.2) is 0 Å². The number of hydrogen-bond donors (Lipinski definition) is 1. The Balaban J connectivity index is 2.02. The Hall–Kier alpha value is -1.73. The molecule has 130 valence electrons. The number of alkyl halides is 3. The average Bonchev–Trinajstić information content (AvgIpc) is 2.70. The molecule has 1 aromatic rings. The summed E-state index contributed by atoms with van der Waals surface area (Å²) in [5.74, 6) is -0.320. The molecule has 1 saturated carbocycles. The molecule has 1 aliphatic carbocycles. The van der Waals surface area contributed by atoms with E-state index in [1.54, 1.807) is 25.6 Å². The molecular formula is C15H22F3N3O2. The third kappa shape index (κ3) is 3.61. The maximum atomic E-state index is 13.4. The van der Waals surface area contributed by atoms with Crippen LogP contribution in [0.1, 0.15) is 43.5 Å². The number of ether oxygens (including phenoxy) is 1. The number of halogens is 3. The molecule has 8 heteroatoms. The van der Waals surface area contributed by atoms with E-state index in [0.717, 1.165) is 12.1 Å². The van der Waals surface area contributed by atoms with Gasteiger partial charge in [-0.15, -0.1) is 0 Å². The van der Waals surface area contributed by atoms with Gasteiger partial charge in [0.15, 0.2) is 12.4 Å². The van der Waals surface area contributed by atoms with E-state index in [-0.39, 0.29) is 12.8 Å². The maximum absolute atomic E-state index is 13.4. The molecule has 1 heterocycles. The van der Waals surface area contributed by atoms with E-state index < -0.39 is 24.2 Å². The van der Waals surface area contributed by atoms with E-state index in [1.165, 1.54) is 0 Å². The summed E-state index contributed by atoms with van der Waals surface area (Å²) < 4.78 is 47.1. The molecule has 0 atom stereocenters. The van der Waals surface area contributed by atoms with E-state index in [4.69, 9.17) is 4.74 Å². The van der Waals surface area contributed by atoms with Crippen LogP contribution in [0.25, 0.3) is 0 Å². The zero-order valence-electron chi connectivity index (χ0n) is 13.6. The molecule has 23 heavy (non-hydrogen) atoms. The monoisotopic (exact) mass is 333 g/mol. The van der Waals surface area contributed by atoms with E-state index in [0.29, 0.717) is 24.3 Å². The lowest BCUT2D eigenvalue weighted by Gasteiger charge is -2.39. The van der Waals surface area contributed by atoms with Crippen LogP contribution in [0.2, 0.25) is 0 Å². The Labute approximate surface area is 133 Å². The van der Waals surface area contributed by atoms with Gasteiger partial charge in [0.1, 0.15) is 11.2 Å². The number of carbonyl (C=O) groups is 1. The van der Waals surface area contributed by atoms with Crippen molar-refractivity contribution in [1.82, 2.24) is 15.1 Å². The van der Waals surface area contributed by atoms with Crippen LogP contribution in [0.15, 0.2) is 0 Å². The molecule has 2 rings (SSSR count). The third-order valence-electron chi connectivity index (χ3n) is 4.42. The zero-order valence-corrected chi connectivity index (χ0v) is 13.6. The molecule has 0 spiro atoms. The maximum Gasteiger partial charge on any atom is 0.411 e. The summed E-state index contributed by atoms with van der Waals surface area (Å²) in [6.45, 7) is 3.04. The predicted octanol–water partition coefficient (Wildman–Crippen LogP) is 2.80. The summed E-state index contributed by atoms with van der Waals surface area (Å²) in [5, 5.41) is 6.31. The van der Waals surface area contributed by atoms with Gasteiger partial charge in [-0.05, 0) is 26.7 Å². The van der Waals surface area contributed by atoms with Crippen molar-refractivity contribution < 1.29 is 22.7 Å². The van der Waals surface area contributed by atoms with E-state index in [9.17, 15) is 18.0 Å². The predicted molar refractivity (Wildman–Crippen MR) is 78.2 cm³/mol. The minimum absolute atomic E-state index is 0.0762. The number of rotatable bonds is 4. The Morgan fingerprint density at radius 2 is 1.91 bits per heavy atom. The number of carbonyl (C=O) groups excluding carboxylic acids is 1. The van der Waals surface area contributed by atoms with Crippen LogP contribution >= 0.6 is 0 Å². The average molecular weight is 333 g/mol. The summed E-state index contributed by atoms with van der Waals surface area (Å²) in [6, 6.07) is 0. The summed E-state index contributed by atoms with van der Waals surface area (Å²) >= 11 is 0. The summed E-state index contributed by atoms with van der Waals surface area (Å²) in [4.78, 5) is 12.0. The largest absolute Gasteiger partial charge is 0.480 e. The van der Waals surface area contributed by atoms with Crippen LogP contribution in [-0.2, 0) is 11.8 Å². The highest BCUT2D eigenvalue weighted by atomic mass is 19.4. The standard InChI is InChI=1S/C15H22F3N3O2/c1-10-13(11(2)21(3)20-10)23-9-12(22)19-14(15(16,17)18)7-5-4-6-8-14/h4-9H2,1-3H3,(H,19,22). The van der Waals surface area contributed by atoms with Gasteiger partial charge in [-0.2, -0.15) is 18.3 Å². The van der Waals surface area contributed by atoms with Gasteiger partial charge < -0.3 is 10.1 Å². The van der Waals surface area contributed by atoms with Gasteiger partial charge in [0.2, 0.25) is 0 Å². The van der Waals surface area contributed by atoms with Gasteiger partial charge in [-0.1, -0.05) is 19.3 Å². The SMILES string of the molecule is Cc1nn(C)c(C)c1OCC(=O)NC1(C(F)(F)F)CCCCC1. The Morgan fingerprint density at radius 3 is 2.39 bits per heavy atom. The van der Waals surface area contributed by atoms with Crippen LogP contribution in [0.4, 0.5) is 13.2 Å². The molecule has 1 fully saturated rings. The molecule has 1 amide bonds. The van der Waals surface area contributed by atoms with Crippen molar-refractivity contribution in [3.8, 4) is 5.75 Å². The molecule has 1 aliphatic rings. The van der Waals surface area contributed by atoms with Crippen LogP contribution in [0.3, 0.4) is 0 Å². The minimum Gasteiger partial charge on any atom is -0.480 e. The van der Waals surface area contributed by atoms with Crippen molar-refractivity contribution in [2.45, 2.75) is 57.7 Å². The van der Waals surface area contributed by atoms with Gasteiger partial charge in [0.05, 0.1) is 5.69 Å². The van der Waals surface area contributed by atoms with Gasteiger partial charge in [0.25, 0.3) is 5.91 Å². The van der Waals surface area contributed by atoms with E-state index in [2.05, 4.69) is 10.4 Å². The van der Waals surface area contributed by atoms with Crippen LogP contribution < -0.4 is 10.1 Å². The molecule has 5 nitrogen and oxygen atoms in total. The molecule has 0 radical (unpaired) electrons. The van der Waals surface area contributed by atoms with Crippen molar-refractivity contribution in [3.05, 3.63) is 11.4 Å². The number of aromatic nitrogens is 2. The van der Waals surface area contributed by atoms with Crippen LogP contribution in [-0.4, -0.2) is 34.0 Å². The molecular weight excluding hydrogens is 311 g/mol. The van der Waals surface area contributed by atoms with Crippen molar-refractivity contribution in [1.29, 1.82) is 0 Å². The smallest absolute Gasteiger partial charge is 0.411 e. The van der Waals surface area contributed by atoms with Crippen molar-refractivity contribution in [2.75, 3.05) is 6.61 Å². The highest BCUT2D eigenvalue weighted by Gasteiger charge is 2.55. The summed E-state index contributed by atoms with van der Waals surface area (Å²) in [7, 11) is 1.73. The second-order valence-corrected chi connectivity index (χ2v) is 6.10. The number of nitrogens with one attached hydrogen (secondary N) is 1. The lowest BCUT2D eigenvalue weighted by molar-refractivity contribution is -0.207. The van der Waals surface area contributed by atoms with E-state index in [1.807, 2.05) is 0 Å². The normalized spacial score (nSPS) is 17.8. The van der Waals surface area contributed by atoms with Crippen LogP contribution in [0.5, 0.6) is 5.75 Å². The van der Waals surface area contributed by atoms with Gasteiger partial charge in [-0.3, -0.25) is 9.48 Å². The topological polar surface area (TPSA) is 56.2 Å². The first kappa shape index (κ1) is 17.6. The molecule has 0 aromatic carbocycles. The van der Waals surface area contributed by atoms with Crippen molar-refractivity contribution in [3.63, 3.8) is 0 Å². The van der Waals surface area contributed by atoms with Crippen molar-refractivity contribution in [2.24, 2.45) is 7.05 Å². The fraction of sp³-hybridized carbons (Fsp3) is 0.733. The number of nitrogens with zero attached hydrogens (tertiary/aromatic N) is 2. The lowest BCUT2D eigenvalue weighted by atomic mass is 9.81. The molecule has 0 saturated heterocycles. The first-order valence-electron chi connectivity index (χ1n) is 7.67. The van der Waals surface area contributed by atoms with Crippen molar-refractivity contribution >= 4 is 5.91 Å². The summed E-state index contributed by atoms with van der Waals surface area (Å²) in [6.07, 6.45) is -2.93. The quantitative estimate of drug-likeness (QED) is 0.922. The van der Waals surface area contributed by atoms with Gasteiger partial charge >= 0.3 is 6.18 Å². The fourth-order valence-electron chi connectivity index (χ4n) is 3.04. The molecule has 1 aromatic heterocycles. The highest BCUT2D eigenvalue weighted by molar-refractivity contribution is 5.78. The molecule has 0 bridgehead atoms. The van der Waals surface area contributed by atoms with E-state index >= 15 is 0 Å².